The highest BCUT2D eigenvalue weighted by molar-refractivity contribution is 7.08. The Labute approximate surface area is 119 Å². The number of hydrogen-bond donors (Lipinski definition) is 1. The van der Waals surface area contributed by atoms with Crippen LogP contribution in [-0.4, -0.2) is 18.4 Å². The van der Waals surface area contributed by atoms with Gasteiger partial charge < -0.3 is 10.6 Å². The Morgan fingerprint density at radius 1 is 1.20 bits per heavy atom. The molecule has 0 bridgehead atoms. The van der Waals surface area contributed by atoms with Gasteiger partial charge in [0.1, 0.15) is 5.82 Å². The molecule has 0 aliphatic heterocycles. The van der Waals surface area contributed by atoms with Crippen LogP contribution in [0.25, 0.3) is 0 Å². The topological polar surface area (TPSA) is 63.4 Å². The largest absolute Gasteiger partial charge is 0.370 e. The highest BCUT2D eigenvalue weighted by Crippen LogP contribution is 2.19. The molecule has 0 aliphatic carbocycles. The molecule has 0 saturated heterocycles. The van der Waals surface area contributed by atoms with Gasteiger partial charge in [0, 0.05) is 24.0 Å². The fourth-order valence-corrected chi connectivity index (χ4v) is 2.36. The van der Waals surface area contributed by atoms with Gasteiger partial charge in [-0.3, -0.25) is 9.59 Å². The van der Waals surface area contributed by atoms with Crippen molar-refractivity contribution >= 4 is 28.8 Å². The summed E-state index contributed by atoms with van der Waals surface area (Å²) in [7, 11) is 0. The predicted molar refractivity (Wildman–Crippen MR) is 76.2 cm³/mol. The third kappa shape index (κ3) is 3.42. The Morgan fingerprint density at radius 2 is 1.90 bits per heavy atom. The number of nitrogens with two attached hydrogens (primary N) is 1. The van der Waals surface area contributed by atoms with Gasteiger partial charge >= 0.3 is 0 Å². The van der Waals surface area contributed by atoms with Crippen molar-refractivity contribution < 1.29 is 14.0 Å². The van der Waals surface area contributed by atoms with Crippen molar-refractivity contribution in [2.75, 3.05) is 11.4 Å². The van der Waals surface area contributed by atoms with E-state index in [0.29, 0.717) is 11.3 Å². The average molecular weight is 292 g/mol. The summed E-state index contributed by atoms with van der Waals surface area (Å²) in [6.07, 6.45) is 0.0489. The highest BCUT2D eigenvalue weighted by atomic mass is 32.1. The van der Waals surface area contributed by atoms with E-state index in [1.165, 1.54) is 40.5 Å². The highest BCUT2D eigenvalue weighted by Gasteiger charge is 2.18. The molecule has 2 aromatic rings. The van der Waals surface area contributed by atoms with Crippen LogP contribution in [0.15, 0.2) is 41.1 Å². The normalized spacial score (nSPS) is 10.2. The second-order valence-electron chi connectivity index (χ2n) is 4.16. The van der Waals surface area contributed by atoms with E-state index in [9.17, 15) is 14.0 Å². The number of hydrogen-bond acceptors (Lipinski definition) is 3. The van der Waals surface area contributed by atoms with Crippen molar-refractivity contribution in [2.24, 2.45) is 5.73 Å². The maximum absolute atomic E-state index is 13.0. The molecule has 104 valence electrons. The molecular weight excluding hydrogens is 279 g/mol. The molecule has 20 heavy (non-hydrogen) atoms. The lowest BCUT2D eigenvalue weighted by Crippen LogP contribution is -2.33. The van der Waals surface area contributed by atoms with E-state index in [1.54, 1.807) is 16.8 Å². The Bertz CT molecular complexity index is 596. The van der Waals surface area contributed by atoms with Crippen LogP contribution in [0.1, 0.15) is 16.8 Å². The number of halogens is 1. The zero-order valence-corrected chi connectivity index (χ0v) is 11.4. The van der Waals surface area contributed by atoms with Crippen LogP contribution in [-0.2, 0) is 4.79 Å². The predicted octanol–water partition coefficient (Wildman–Crippen LogP) is 2.41. The van der Waals surface area contributed by atoms with E-state index in [0.717, 1.165) is 0 Å². The van der Waals surface area contributed by atoms with Crippen molar-refractivity contribution in [3.63, 3.8) is 0 Å². The minimum Gasteiger partial charge on any atom is -0.370 e. The molecule has 0 atom stereocenters. The molecule has 1 heterocycles. The van der Waals surface area contributed by atoms with Crippen molar-refractivity contribution in [2.45, 2.75) is 6.42 Å². The molecule has 4 nitrogen and oxygen atoms in total. The van der Waals surface area contributed by atoms with Gasteiger partial charge in [-0.2, -0.15) is 11.3 Å². The van der Waals surface area contributed by atoms with E-state index >= 15 is 0 Å². The maximum atomic E-state index is 13.0. The Balaban J connectivity index is 2.26. The number of carbonyl (C=O) groups is 2. The Kier molecular flexibility index (Phi) is 4.47. The van der Waals surface area contributed by atoms with Gasteiger partial charge in [0.15, 0.2) is 0 Å². The fraction of sp³-hybridized carbons (Fsp3) is 0.143. The van der Waals surface area contributed by atoms with E-state index in [2.05, 4.69) is 0 Å². The minimum absolute atomic E-state index is 0.0489. The van der Waals surface area contributed by atoms with Crippen molar-refractivity contribution in [1.82, 2.24) is 0 Å². The van der Waals surface area contributed by atoms with E-state index < -0.39 is 5.91 Å². The number of thiophene rings is 1. The van der Waals surface area contributed by atoms with Gasteiger partial charge in [-0.1, -0.05) is 0 Å². The van der Waals surface area contributed by atoms with Gasteiger partial charge in [0.25, 0.3) is 5.91 Å². The molecule has 2 N–H and O–H groups in total. The Morgan fingerprint density at radius 3 is 2.45 bits per heavy atom. The monoisotopic (exact) mass is 292 g/mol. The molecule has 0 saturated carbocycles. The standard InChI is InChI=1S/C14H13FN2O2S/c15-11-1-3-12(4-2-11)17(7-5-13(16)18)14(19)10-6-8-20-9-10/h1-4,6,8-9H,5,7H2,(H2,16,18). The summed E-state index contributed by atoms with van der Waals surface area (Å²) in [6, 6.07) is 7.25. The van der Waals surface area contributed by atoms with Gasteiger partial charge in [0.2, 0.25) is 5.91 Å². The van der Waals surface area contributed by atoms with Gasteiger partial charge in [-0.15, -0.1) is 0 Å². The number of amides is 2. The SMILES string of the molecule is NC(=O)CCN(C(=O)c1ccsc1)c1ccc(F)cc1. The summed E-state index contributed by atoms with van der Waals surface area (Å²) in [6.45, 7) is 0.162. The van der Waals surface area contributed by atoms with Crippen LogP contribution >= 0.6 is 11.3 Å². The van der Waals surface area contributed by atoms with Gasteiger partial charge in [0.05, 0.1) is 5.56 Å². The summed E-state index contributed by atoms with van der Waals surface area (Å²) in [5.41, 5.74) is 6.19. The summed E-state index contributed by atoms with van der Waals surface area (Å²) >= 11 is 1.41. The molecule has 1 aromatic heterocycles. The lowest BCUT2D eigenvalue weighted by molar-refractivity contribution is -0.117. The van der Waals surface area contributed by atoms with Crippen LogP contribution in [0.4, 0.5) is 10.1 Å². The molecule has 0 radical (unpaired) electrons. The molecule has 0 fully saturated rings. The fourth-order valence-electron chi connectivity index (χ4n) is 1.73. The van der Waals surface area contributed by atoms with Crippen molar-refractivity contribution in [3.05, 3.63) is 52.5 Å². The number of primary amides is 1. The third-order valence-corrected chi connectivity index (χ3v) is 3.42. The van der Waals surface area contributed by atoms with E-state index in [1.807, 2.05) is 0 Å². The van der Waals surface area contributed by atoms with Gasteiger partial charge in [-0.25, -0.2) is 4.39 Å². The van der Waals surface area contributed by atoms with Crippen LogP contribution in [0.3, 0.4) is 0 Å². The average Bonchev–Trinajstić information content (AvgIpc) is 2.94. The number of anilines is 1. The number of nitrogens with zero attached hydrogens (tertiary/aromatic N) is 1. The first kappa shape index (κ1) is 14.2. The minimum atomic E-state index is -0.491. The van der Waals surface area contributed by atoms with E-state index in [4.69, 9.17) is 5.73 Å². The molecule has 2 amide bonds. The first-order valence-corrected chi connectivity index (χ1v) is 6.90. The quantitative estimate of drug-likeness (QED) is 0.919. The zero-order chi connectivity index (χ0) is 14.5. The van der Waals surface area contributed by atoms with E-state index in [-0.39, 0.29) is 24.7 Å². The first-order valence-electron chi connectivity index (χ1n) is 5.96. The summed E-state index contributed by atoms with van der Waals surface area (Å²) < 4.78 is 13.0. The molecule has 2 rings (SSSR count). The second-order valence-corrected chi connectivity index (χ2v) is 4.94. The van der Waals surface area contributed by atoms with Crippen LogP contribution in [0.2, 0.25) is 0 Å². The molecule has 6 heteroatoms. The molecular formula is C14H13FN2O2S. The number of rotatable bonds is 5. The second kappa shape index (κ2) is 6.29. The molecule has 0 aliphatic rings. The summed E-state index contributed by atoms with van der Waals surface area (Å²) in [5.74, 6) is -1.11. The lowest BCUT2D eigenvalue weighted by atomic mass is 10.2. The van der Waals surface area contributed by atoms with Crippen LogP contribution in [0.5, 0.6) is 0 Å². The van der Waals surface area contributed by atoms with Gasteiger partial charge in [-0.05, 0) is 35.7 Å². The smallest absolute Gasteiger partial charge is 0.259 e. The molecule has 0 unspecified atom stereocenters. The number of carbonyl (C=O) groups excluding carboxylic acids is 2. The van der Waals surface area contributed by atoms with Crippen LogP contribution in [0, 0.1) is 5.82 Å². The lowest BCUT2D eigenvalue weighted by Gasteiger charge is -2.22. The summed E-state index contributed by atoms with van der Waals surface area (Å²) in [5, 5.41) is 3.52. The Hall–Kier alpha value is -2.21. The summed E-state index contributed by atoms with van der Waals surface area (Å²) in [4.78, 5) is 24.7. The van der Waals surface area contributed by atoms with Crippen LogP contribution < -0.4 is 10.6 Å². The molecule has 0 spiro atoms. The first-order chi connectivity index (χ1) is 9.58. The van der Waals surface area contributed by atoms with Crippen molar-refractivity contribution in [3.8, 4) is 0 Å². The van der Waals surface area contributed by atoms with Crippen molar-refractivity contribution in [1.29, 1.82) is 0 Å². The molecule has 1 aromatic carbocycles. The maximum Gasteiger partial charge on any atom is 0.259 e. The third-order valence-electron chi connectivity index (χ3n) is 2.73. The zero-order valence-electron chi connectivity index (χ0n) is 10.6. The number of benzene rings is 1.